The highest BCUT2D eigenvalue weighted by atomic mass is 14.8. The highest BCUT2D eigenvalue weighted by molar-refractivity contribution is 5.22. The second-order valence-electron chi connectivity index (χ2n) is 4.47. The molecule has 14 heavy (non-hydrogen) atoms. The second kappa shape index (κ2) is 4.07. The molecule has 0 aliphatic rings. The summed E-state index contributed by atoms with van der Waals surface area (Å²) < 4.78 is 0. The lowest BCUT2D eigenvalue weighted by molar-refractivity contribution is 0.735. The van der Waals surface area contributed by atoms with Crippen molar-refractivity contribution in [1.82, 2.24) is 9.97 Å². The van der Waals surface area contributed by atoms with Gasteiger partial charge < -0.3 is 0 Å². The summed E-state index contributed by atoms with van der Waals surface area (Å²) in [7, 11) is 0. The van der Waals surface area contributed by atoms with Crippen molar-refractivity contribution in [1.29, 1.82) is 0 Å². The van der Waals surface area contributed by atoms with Crippen molar-refractivity contribution in [3.8, 4) is 0 Å². The summed E-state index contributed by atoms with van der Waals surface area (Å²) in [5, 5.41) is 0. The number of aryl methyl sites for hydroxylation is 2. The Hall–Kier alpha value is -0.920. The normalized spacial score (nSPS) is 11.4. The molecule has 1 aromatic heterocycles. The molecule has 0 fully saturated rings. The largest absolute Gasteiger partial charge is 0.254 e. The smallest absolute Gasteiger partial charge is 0.0644 e. The van der Waals surface area contributed by atoms with Gasteiger partial charge in [0, 0.05) is 0 Å². The van der Waals surface area contributed by atoms with E-state index in [9.17, 15) is 0 Å². The Morgan fingerprint density at radius 1 is 0.714 bits per heavy atom. The van der Waals surface area contributed by atoms with Gasteiger partial charge in [-0.25, -0.2) is 0 Å². The van der Waals surface area contributed by atoms with E-state index in [0.29, 0.717) is 11.8 Å². The molecule has 0 radical (unpaired) electrons. The Bertz CT molecular complexity index is 294. The van der Waals surface area contributed by atoms with Gasteiger partial charge >= 0.3 is 0 Å². The van der Waals surface area contributed by atoms with Gasteiger partial charge in [-0.05, 0) is 25.7 Å². The van der Waals surface area contributed by atoms with Crippen molar-refractivity contribution < 1.29 is 0 Å². The molecule has 0 unspecified atom stereocenters. The van der Waals surface area contributed by atoms with Gasteiger partial charge in [-0.15, -0.1) is 0 Å². The fraction of sp³-hybridized carbons (Fsp3) is 0.667. The maximum absolute atomic E-state index is 4.63. The van der Waals surface area contributed by atoms with Crippen molar-refractivity contribution in [3.63, 3.8) is 0 Å². The minimum atomic E-state index is 0.461. The van der Waals surface area contributed by atoms with Crippen LogP contribution >= 0.6 is 0 Å². The van der Waals surface area contributed by atoms with Crippen LogP contribution in [-0.4, -0.2) is 9.97 Å². The summed E-state index contributed by atoms with van der Waals surface area (Å²) in [4.78, 5) is 9.26. The van der Waals surface area contributed by atoms with Crippen LogP contribution in [0.2, 0.25) is 0 Å². The molecule has 0 N–H and O–H groups in total. The maximum Gasteiger partial charge on any atom is 0.0644 e. The van der Waals surface area contributed by atoms with Gasteiger partial charge in [0.15, 0.2) is 0 Å². The van der Waals surface area contributed by atoms with Gasteiger partial charge in [0.1, 0.15) is 0 Å². The Labute approximate surface area is 86.8 Å². The first-order valence-electron chi connectivity index (χ1n) is 5.28. The average Bonchev–Trinajstić information content (AvgIpc) is 2.07. The van der Waals surface area contributed by atoms with Crippen LogP contribution in [0.1, 0.15) is 62.3 Å². The molecule has 1 heterocycles. The van der Waals surface area contributed by atoms with Gasteiger partial charge in [0.25, 0.3) is 0 Å². The molecular weight excluding hydrogens is 172 g/mol. The highest BCUT2D eigenvalue weighted by Gasteiger charge is 2.12. The molecule has 0 spiro atoms. The van der Waals surface area contributed by atoms with E-state index in [1.807, 2.05) is 13.8 Å². The number of nitrogens with zero attached hydrogens (tertiary/aromatic N) is 2. The molecule has 1 rings (SSSR count). The van der Waals surface area contributed by atoms with E-state index in [1.165, 1.54) is 0 Å². The van der Waals surface area contributed by atoms with Crippen molar-refractivity contribution in [2.24, 2.45) is 0 Å². The molecule has 78 valence electrons. The highest BCUT2D eigenvalue weighted by Crippen LogP contribution is 2.20. The van der Waals surface area contributed by atoms with Crippen LogP contribution in [0.5, 0.6) is 0 Å². The van der Waals surface area contributed by atoms with Crippen molar-refractivity contribution in [2.45, 2.75) is 53.4 Å². The number of rotatable bonds is 2. The van der Waals surface area contributed by atoms with Gasteiger partial charge in [-0.2, -0.15) is 0 Å². The number of hydrogen-bond donors (Lipinski definition) is 0. The molecule has 2 nitrogen and oxygen atoms in total. The summed E-state index contributed by atoms with van der Waals surface area (Å²) in [6, 6.07) is 0. The quantitative estimate of drug-likeness (QED) is 0.718. The molecule has 0 amide bonds. The van der Waals surface area contributed by atoms with E-state index in [1.54, 1.807) is 0 Å². The Kier molecular flexibility index (Phi) is 3.25. The molecule has 1 aromatic rings. The molecular formula is C12H20N2. The lowest BCUT2D eigenvalue weighted by atomic mass is 10.0. The van der Waals surface area contributed by atoms with Crippen LogP contribution in [0.4, 0.5) is 0 Å². The van der Waals surface area contributed by atoms with Crippen molar-refractivity contribution >= 4 is 0 Å². The molecule has 0 aliphatic heterocycles. The van der Waals surface area contributed by atoms with Crippen LogP contribution in [0.3, 0.4) is 0 Å². The van der Waals surface area contributed by atoms with Gasteiger partial charge in [-0.3, -0.25) is 9.97 Å². The van der Waals surface area contributed by atoms with Crippen LogP contribution in [0, 0.1) is 13.8 Å². The van der Waals surface area contributed by atoms with E-state index >= 15 is 0 Å². The monoisotopic (exact) mass is 192 g/mol. The molecule has 0 aliphatic carbocycles. The Morgan fingerprint density at radius 2 is 1.00 bits per heavy atom. The first kappa shape index (κ1) is 11.2. The molecule has 0 aromatic carbocycles. The van der Waals surface area contributed by atoms with Gasteiger partial charge in [0.2, 0.25) is 0 Å². The summed E-state index contributed by atoms with van der Waals surface area (Å²) in [6.07, 6.45) is 0. The third-order valence-corrected chi connectivity index (χ3v) is 2.41. The van der Waals surface area contributed by atoms with Crippen molar-refractivity contribution in [2.75, 3.05) is 0 Å². The SMILES string of the molecule is Cc1nc(C(C)C)c(C)nc1C(C)C. The third-order valence-electron chi connectivity index (χ3n) is 2.41. The van der Waals surface area contributed by atoms with Crippen molar-refractivity contribution in [3.05, 3.63) is 22.8 Å². The predicted octanol–water partition coefficient (Wildman–Crippen LogP) is 3.34. The zero-order chi connectivity index (χ0) is 10.9. The van der Waals surface area contributed by atoms with Gasteiger partial charge in [0.05, 0.1) is 22.8 Å². The van der Waals surface area contributed by atoms with Crippen LogP contribution in [-0.2, 0) is 0 Å². The lowest BCUT2D eigenvalue weighted by Gasteiger charge is -2.14. The first-order valence-corrected chi connectivity index (χ1v) is 5.28. The molecule has 0 saturated heterocycles. The van der Waals surface area contributed by atoms with E-state index in [0.717, 1.165) is 22.8 Å². The molecule has 2 heteroatoms. The number of hydrogen-bond acceptors (Lipinski definition) is 2. The fourth-order valence-electron chi connectivity index (χ4n) is 1.73. The Morgan fingerprint density at radius 3 is 1.21 bits per heavy atom. The summed E-state index contributed by atoms with van der Waals surface area (Å²) >= 11 is 0. The zero-order valence-electron chi connectivity index (χ0n) is 10.0. The first-order chi connectivity index (χ1) is 6.43. The standard InChI is InChI=1S/C12H20N2/c1-7(2)11-9(5)14-12(8(3)4)10(6)13-11/h7-8H,1-6H3. The second-order valence-corrected chi connectivity index (χ2v) is 4.47. The maximum atomic E-state index is 4.63. The van der Waals surface area contributed by atoms with Gasteiger partial charge in [-0.1, -0.05) is 27.7 Å². The minimum absolute atomic E-state index is 0.461. The third kappa shape index (κ3) is 2.11. The van der Waals surface area contributed by atoms with E-state index in [-0.39, 0.29) is 0 Å². The van der Waals surface area contributed by atoms with E-state index < -0.39 is 0 Å². The predicted molar refractivity (Wildman–Crippen MR) is 59.7 cm³/mol. The van der Waals surface area contributed by atoms with E-state index in [2.05, 4.69) is 37.7 Å². The topological polar surface area (TPSA) is 25.8 Å². The summed E-state index contributed by atoms with van der Waals surface area (Å²) in [5.41, 5.74) is 4.42. The minimum Gasteiger partial charge on any atom is -0.254 e. The van der Waals surface area contributed by atoms with Crippen LogP contribution < -0.4 is 0 Å². The zero-order valence-corrected chi connectivity index (χ0v) is 10.0. The van der Waals surface area contributed by atoms with Crippen LogP contribution in [0.25, 0.3) is 0 Å². The summed E-state index contributed by atoms with van der Waals surface area (Å²) in [6.45, 7) is 12.7. The molecule has 0 bridgehead atoms. The van der Waals surface area contributed by atoms with Crippen LogP contribution in [0.15, 0.2) is 0 Å². The Balaban J connectivity index is 3.24. The molecule has 0 atom stereocenters. The fourth-order valence-corrected chi connectivity index (χ4v) is 1.73. The van der Waals surface area contributed by atoms with E-state index in [4.69, 9.17) is 0 Å². The summed E-state index contributed by atoms with van der Waals surface area (Å²) in [5.74, 6) is 0.921. The lowest BCUT2D eigenvalue weighted by Crippen LogP contribution is -2.07. The average molecular weight is 192 g/mol. The number of aromatic nitrogens is 2. The molecule has 0 saturated carbocycles.